The third kappa shape index (κ3) is 3.78. The number of rotatable bonds is 6. The first-order valence-electron chi connectivity index (χ1n) is 7.72. The Hall–Kier alpha value is -2.04. The molecule has 5 heteroatoms. The van der Waals surface area contributed by atoms with E-state index in [4.69, 9.17) is 9.84 Å². The lowest BCUT2D eigenvalue weighted by Crippen LogP contribution is -2.36. The van der Waals surface area contributed by atoms with Gasteiger partial charge in [0, 0.05) is 6.04 Å². The van der Waals surface area contributed by atoms with Crippen molar-refractivity contribution in [3.8, 4) is 5.75 Å². The van der Waals surface area contributed by atoms with Crippen molar-refractivity contribution in [2.24, 2.45) is 5.92 Å². The predicted molar refractivity (Wildman–Crippen MR) is 82.9 cm³/mol. The monoisotopic (exact) mass is 305 g/mol. The first-order valence-corrected chi connectivity index (χ1v) is 7.72. The number of hydrogen-bond acceptors (Lipinski definition) is 3. The second-order valence-electron chi connectivity index (χ2n) is 5.79. The van der Waals surface area contributed by atoms with Crippen LogP contribution in [0.3, 0.4) is 0 Å². The van der Waals surface area contributed by atoms with Crippen molar-refractivity contribution in [2.45, 2.75) is 44.6 Å². The van der Waals surface area contributed by atoms with Crippen LogP contribution in [-0.4, -0.2) is 30.1 Å². The molecule has 0 bridgehead atoms. The fraction of sp³-hybridized carbons (Fsp3) is 0.529. The van der Waals surface area contributed by atoms with Crippen molar-refractivity contribution in [1.82, 2.24) is 5.32 Å². The maximum absolute atomic E-state index is 12.5. The molecule has 1 aromatic carbocycles. The molecular formula is C17H23NO4. The highest BCUT2D eigenvalue weighted by atomic mass is 16.5. The molecule has 1 aromatic rings. The Morgan fingerprint density at radius 1 is 1.32 bits per heavy atom. The molecular weight excluding hydrogens is 282 g/mol. The van der Waals surface area contributed by atoms with Crippen LogP contribution in [-0.2, 0) is 9.59 Å². The number of benzene rings is 1. The highest BCUT2D eigenvalue weighted by molar-refractivity contribution is 5.84. The molecule has 0 heterocycles. The summed E-state index contributed by atoms with van der Waals surface area (Å²) in [6.07, 6.45) is 2.61. The van der Waals surface area contributed by atoms with E-state index >= 15 is 0 Å². The van der Waals surface area contributed by atoms with Crippen LogP contribution in [0.25, 0.3) is 0 Å². The molecule has 0 radical (unpaired) electrons. The molecule has 0 aliphatic heterocycles. The van der Waals surface area contributed by atoms with Gasteiger partial charge < -0.3 is 15.2 Å². The Morgan fingerprint density at radius 3 is 2.50 bits per heavy atom. The number of carboxylic acids is 1. The van der Waals surface area contributed by atoms with E-state index in [9.17, 15) is 9.59 Å². The molecule has 0 aromatic heterocycles. The lowest BCUT2D eigenvalue weighted by atomic mass is 9.95. The van der Waals surface area contributed by atoms with E-state index in [1.807, 2.05) is 31.2 Å². The zero-order valence-corrected chi connectivity index (χ0v) is 13.0. The van der Waals surface area contributed by atoms with E-state index in [1.165, 1.54) is 0 Å². The standard InChI is InChI=1S/C17H23NO4/c1-3-15(11-5-8-14(22-2)9-6-11)16(19)18-13-7-4-12(10-13)17(20)21/h5-6,8-9,12-13,15H,3-4,7,10H2,1-2H3,(H,18,19)(H,20,21)/t12-,13+,15?/m0/s1. The number of amides is 1. The van der Waals surface area contributed by atoms with Crippen LogP contribution >= 0.6 is 0 Å². The molecule has 22 heavy (non-hydrogen) atoms. The summed E-state index contributed by atoms with van der Waals surface area (Å²) in [5.41, 5.74) is 0.952. The van der Waals surface area contributed by atoms with Crippen LogP contribution in [0.1, 0.15) is 44.1 Å². The highest BCUT2D eigenvalue weighted by Gasteiger charge is 2.31. The van der Waals surface area contributed by atoms with Crippen molar-refractivity contribution >= 4 is 11.9 Å². The van der Waals surface area contributed by atoms with Crippen molar-refractivity contribution in [3.05, 3.63) is 29.8 Å². The lowest BCUT2D eigenvalue weighted by Gasteiger charge is -2.19. The van der Waals surface area contributed by atoms with Gasteiger partial charge >= 0.3 is 5.97 Å². The molecule has 120 valence electrons. The topological polar surface area (TPSA) is 75.6 Å². The third-order valence-corrected chi connectivity index (χ3v) is 4.37. The lowest BCUT2D eigenvalue weighted by molar-refractivity contribution is -0.141. The summed E-state index contributed by atoms with van der Waals surface area (Å²) in [7, 11) is 1.61. The molecule has 1 unspecified atom stereocenters. The number of carbonyl (C=O) groups excluding carboxylic acids is 1. The fourth-order valence-electron chi connectivity index (χ4n) is 3.05. The fourth-order valence-corrected chi connectivity index (χ4v) is 3.05. The molecule has 1 aliphatic rings. The van der Waals surface area contributed by atoms with Gasteiger partial charge in [-0.25, -0.2) is 0 Å². The zero-order chi connectivity index (χ0) is 16.1. The average molecular weight is 305 g/mol. The Labute approximate surface area is 130 Å². The summed E-state index contributed by atoms with van der Waals surface area (Å²) in [5, 5.41) is 12.0. The molecule has 2 rings (SSSR count). The quantitative estimate of drug-likeness (QED) is 0.847. The van der Waals surface area contributed by atoms with Gasteiger partial charge in [-0.15, -0.1) is 0 Å². The molecule has 3 atom stereocenters. The second-order valence-corrected chi connectivity index (χ2v) is 5.79. The minimum Gasteiger partial charge on any atom is -0.497 e. The van der Waals surface area contributed by atoms with Crippen LogP contribution < -0.4 is 10.1 Å². The van der Waals surface area contributed by atoms with Crippen LogP contribution in [0.4, 0.5) is 0 Å². The highest BCUT2D eigenvalue weighted by Crippen LogP contribution is 2.27. The van der Waals surface area contributed by atoms with Gasteiger partial charge in [0.25, 0.3) is 0 Å². The van der Waals surface area contributed by atoms with Crippen molar-refractivity contribution in [2.75, 3.05) is 7.11 Å². The smallest absolute Gasteiger partial charge is 0.306 e. The summed E-state index contributed by atoms with van der Waals surface area (Å²) in [5.74, 6) is -0.567. The van der Waals surface area contributed by atoms with Crippen molar-refractivity contribution in [1.29, 1.82) is 0 Å². The Morgan fingerprint density at radius 2 is 2.00 bits per heavy atom. The van der Waals surface area contributed by atoms with Gasteiger partial charge in [-0.1, -0.05) is 19.1 Å². The second kappa shape index (κ2) is 7.29. The SMILES string of the molecule is CCC(C(=O)N[C@@H]1CC[C@H](C(=O)O)C1)c1ccc(OC)cc1. The molecule has 1 amide bonds. The number of carboxylic acid groups (broad SMARTS) is 1. The maximum Gasteiger partial charge on any atom is 0.306 e. The summed E-state index contributed by atoms with van der Waals surface area (Å²) in [4.78, 5) is 23.5. The van der Waals surface area contributed by atoms with Gasteiger partial charge in [0.2, 0.25) is 5.91 Å². The van der Waals surface area contributed by atoms with Crippen LogP contribution in [0.5, 0.6) is 5.75 Å². The summed E-state index contributed by atoms with van der Waals surface area (Å²) in [6, 6.07) is 7.48. The summed E-state index contributed by atoms with van der Waals surface area (Å²) < 4.78 is 5.13. The van der Waals surface area contributed by atoms with Gasteiger partial charge in [-0.05, 0) is 43.4 Å². The molecule has 5 nitrogen and oxygen atoms in total. The average Bonchev–Trinajstić information content (AvgIpc) is 2.97. The normalized spacial score (nSPS) is 22.1. The Balaban J connectivity index is 1.98. The van der Waals surface area contributed by atoms with Crippen molar-refractivity contribution < 1.29 is 19.4 Å². The van der Waals surface area contributed by atoms with E-state index in [2.05, 4.69) is 5.32 Å². The van der Waals surface area contributed by atoms with Gasteiger partial charge in [0.1, 0.15) is 5.75 Å². The number of carbonyl (C=O) groups is 2. The van der Waals surface area contributed by atoms with E-state index in [1.54, 1.807) is 7.11 Å². The Bertz CT molecular complexity index is 526. The molecule has 1 fully saturated rings. The van der Waals surface area contributed by atoms with E-state index in [0.717, 1.165) is 17.7 Å². The predicted octanol–water partition coefficient (Wildman–Crippen LogP) is 2.56. The molecule has 0 saturated heterocycles. The first-order chi connectivity index (χ1) is 10.5. The molecule has 1 aliphatic carbocycles. The minimum atomic E-state index is -0.765. The molecule has 1 saturated carbocycles. The maximum atomic E-state index is 12.5. The Kier molecular flexibility index (Phi) is 5.41. The zero-order valence-electron chi connectivity index (χ0n) is 13.0. The van der Waals surface area contributed by atoms with E-state index < -0.39 is 5.97 Å². The van der Waals surface area contributed by atoms with Crippen LogP contribution in [0, 0.1) is 5.92 Å². The van der Waals surface area contributed by atoms with Crippen molar-refractivity contribution in [3.63, 3.8) is 0 Å². The number of aliphatic carboxylic acids is 1. The summed E-state index contributed by atoms with van der Waals surface area (Å²) >= 11 is 0. The minimum absolute atomic E-state index is 0.0243. The number of methoxy groups -OCH3 is 1. The number of hydrogen-bond donors (Lipinski definition) is 2. The van der Waals surface area contributed by atoms with Crippen LogP contribution in [0.15, 0.2) is 24.3 Å². The van der Waals surface area contributed by atoms with Gasteiger partial charge in [0.15, 0.2) is 0 Å². The summed E-state index contributed by atoms with van der Waals surface area (Å²) in [6.45, 7) is 1.98. The number of ether oxygens (including phenoxy) is 1. The third-order valence-electron chi connectivity index (χ3n) is 4.37. The first kappa shape index (κ1) is 16.3. The van der Waals surface area contributed by atoms with Gasteiger partial charge in [-0.3, -0.25) is 9.59 Å². The van der Waals surface area contributed by atoms with Crippen LogP contribution in [0.2, 0.25) is 0 Å². The van der Waals surface area contributed by atoms with Gasteiger partial charge in [0.05, 0.1) is 18.9 Å². The van der Waals surface area contributed by atoms with E-state index in [-0.39, 0.29) is 23.8 Å². The number of nitrogens with one attached hydrogen (secondary N) is 1. The molecule has 2 N–H and O–H groups in total. The van der Waals surface area contributed by atoms with E-state index in [0.29, 0.717) is 19.3 Å². The molecule has 0 spiro atoms. The largest absolute Gasteiger partial charge is 0.497 e. The van der Waals surface area contributed by atoms with Gasteiger partial charge in [-0.2, -0.15) is 0 Å².